The minimum absolute atomic E-state index is 0.154. The average Bonchev–Trinajstić information content (AvgIpc) is 1.81. The first-order valence-electron chi connectivity index (χ1n) is 4.79. The fourth-order valence-corrected chi connectivity index (χ4v) is 1.67. The first kappa shape index (κ1) is 12.4. The summed E-state index contributed by atoms with van der Waals surface area (Å²) in [5.74, 6) is -0.0648. The summed E-state index contributed by atoms with van der Waals surface area (Å²) in [6.07, 6.45) is 0. The second kappa shape index (κ2) is 5.22. The molecule has 0 aliphatic rings. The van der Waals surface area contributed by atoms with Crippen molar-refractivity contribution in [1.82, 2.24) is 4.90 Å². The molecule has 0 fully saturated rings. The van der Waals surface area contributed by atoms with E-state index >= 15 is 0 Å². The van der Waals surface area contributed by atoms with Crippen LogP contribution in [0, 0.1) is 11.8 Å². The molecular formula is C10H21NO2. The molecule has 0 radical (unpaired) electrons. The minimum Gasteiger partial charge on any atom is -0.480 e. The van der Waals surface area contributed by atoms with Gasteiger partial charge in [0.25, 0.3) is 0 Å². The Kier molecular flexibility index (Phi) is 4.99. The standard InChI is InChI=1S/C10H21NO2/c1-7(2)6-11(5)9(8(3)4)10(12)13/h7-9H,6H2,1-5H3,(H,12,13). The van der Waals surface area contributed by atoms with E-state index in [1.54, 1.807) is 0 Å². The van der Waals surface area contributed by atoms with E-state index in [2.05, 4.69) is 13.8 Å². The van der Waals surface area contributed by atoms with Crippen molar-refractivity contribution in [3.05, 3.63) is 0 Å². The second-order valence-corrected chi connectivity index (χ2v) is 4.36. The van der Waals surface area contributed by atoms with E-state index in [0.717, 1.165) is 6.54 Å². The summed E-state index contributed by atoms with van der Waals surface area (Å²) < 4.78 is 0. The van der Waals surface area contributed by atoms with Gasteiger partial charge in [0.2, 0.25) is 0 Å². The van der Waals surface area contributed by atoms with Crippen molar-refractivity contribution in [1.29, 1.82) is 0 Å². The summed E-state index contributed by atoms with van der Waals surface area (Å²) in [5, 5.41) is 8.99. The summed E-state index contributed by atoms with van der Waals surface area (Å²) in [6.45, 7) is 8.89. The molecule has 0 aliphatic heterocycles. The molecule has 0 bridgehead atoms. The van der Waals surface area contributed by atoms with E-state index in [1.165, 1.54) is 0 Å². The van der Waals surface area contributed by atoms with Gasteiger partial charge in [-0.3, -0.25) is 9.69 Å². The molecular weight excluding hydrogens is 166 g/mol. The number of aliphatic carboxylic acids is 1. The maximum absolute atomic E-state index is 10.9. The van der Waals surface area contributed by atoms with Crippen molar-refractivity contribution in [2.75, 3.05) is 13.6 Å². The van der Waals surface area contributed by atoms with Crippen LogP contribution in [-0.4, -0.2) is 35.6 Å². The maximum Gasteiger partial charge on any atom is 0.321 e. The average molecular weight is 187 g/mol. The largest absolute Gasteiger partial charge is 0.480 e. The van der Waals surface area contributed by atoms with Gasteiger partial charge >= 0.3 is 5.97 Å². The summed E-state index contributed by atoms with van der Waals surface area (Å²) >= 11 is 0. The van der Waals surface area contributed by atoms with Gasteiger partial charge < -0.3 is 5.11 Å². The molecule has 0 aromatic carbocycles. The highest BCUT2D eigenvalue weighted by molar-refractivity contribution is 5.73. The van der Waals surface area contributed by atoms with Gasteiger partial charge in [-0.1, -0.05) is 27.7 Å². The number of hydrogen-bond donors (Lipinski definition) is 1. The second-order valence-electron chi connectivity index (χ2n) is 4.36. The molecule has 0 aliphatic carbocycles. The van der Waals surface area contributed by atoms with Crippen molar-refractivity contribution >= 4 is 5.97 Å². The third-order valence-corrected chi connectivity index (χ3v) is 2.01. The lowest BCUT2D eigenvalue weighted by Gasteiger charge is -2.28. The summed E-state index contributed by atoms with van der Waals surface area (Å²) in [5.41, 5.74) is 0. The fourth-order valence-electron chi connectivity index (χ4n) is 1.67. The highest BCUT2D eigenvalue weighted by Crippen LogP contribution is 2.11. The van der Waals surface area contributed by atoms with E-state index in [0.29, 0.717) is 5.92 Å². The van der Waals surface area contributed by atoms with E-state index in [1.807, 2.05) is 25.8 Å². The lowest BCUT2D eigenvalue weighted by molar-refractivity contribution is -0.144. The van der Waals surface area contributed by atoms with Gasteiger partial charge in [0, 0.05) is 6.54 Å². The molecule has 13 heavy (non-hydrogen) atoms. The van der Waals surface area contributed by atoms with Crippen LogP contribution in [0.15, 0.2) is 0 Å². The minimum atomic E-state index is -0.724. The molecule has 1 N–H and O–H groups in total. The first-order chi connectivity index (χ1) is 5.86. The van der Waals surface area contributed by atoms with Crippen LogP contribution in [0.3, 0.4) is 0 Å². The zero-order valence-electron chi connectivity index (χ0n) is 9.24. The van der Waals surface area contributed by atoms with Crippen LogP contribution in [0.1, 0.15) is 27.7 Å². The fraction of sp³-hybridized carbons (Fsp3) is 0.900. The molecule has 1 unspecified atom stereocenters. The Bertz CT molecular complexity index is 166. The summed E-state index contributed by atoms with van der Waals surface area (Å²) in [7, 11) is 1.87. The van der Waals surface area contributed by atoms with Crippen LogP contribution in [0.4, 0.5) is 0 Å². The van der Waals surface area contributed by atoms with E-state index in [4.69, 9.17) is 5.11 Å². The molecule has 1 atom stereocenters. The molecule has 0 aromatic rings. The van der Waals surface area contributed by atoms with Crippen molar-refractivity contribution in [2.24, 2.45) is 11.8 Å². The lowest BCUT2D eigenvalue weighted by Crippen LogP contribution is -2.43. The van der Waals surface area contributed by atoms with Gasteiger partial charge in [-0.05, 0) is 18.9 Å². The van der Waals surface area contributed by atoms with Gasteiger partial charge in [0.05, 0.1) is 0 Å². The van der Waals surface area contributed by atoms with Crippen molar-refractivity contribution < 1.29 is 9.90 Å². The zero-order valence-corrected chi connectivity index (χ0v) is 9.24. The van der Waals surface area contributed by atoms with Gasteiger partial charge in [0.1, 0.15) is 6.04 Å². The molecule has 0 saturated heterocycles. The molecule has 0 amide bonds. The Labute approximate surface area is 80.7 Å². The monoisotopic (exact) mass is 187 g/mol. The highest BCUT2D eigenvalue weighted by Gasteiger charge is 2.25. The number of nitrogens with zero attached hydrogens (tertiary/aromatic N) is 1. The summed E-state index contributed by atoms with van der Waals surface area (Å²) in [4.78, 5) is 12.8. The number of rotatable bonds is 5. The predicted octanol–water partition coefficient (Wildman–Crippen LogP) is 1.68. The summed E-state index contributed by atoms with van der Waals surface area (Å²) in [6, 6.07) is -0.359. The molecule has 0 saturated carbocycles. The lowest BCUT2D eigenvalue weighted by atomic mass is 10.0. The number of carboxylic acids is 1. The van der Waals surface area contributed by atoms with Crippen LogP contribution < -0.4 is 0 Å². The molecule has 0 rings (SSSR count). The van der Waals surface area contributed by atoms with Gasteiger partial charge in [-0.15, -0.1) is 0 Å². The van der Waals surface area contributed by atoms with Crippen LogP contribution in [0.5, 0.6) is 0 Å². The SMILES string of the molecule is CC(C)CN(C)C(C(=O)O)C(C)C. The molecule has 78 valence electrons. The number of carboxylic acid groups (broad SMARTS) is 1. The third-order valence-electron chi connectivity index (χ3n) is 2.01. The Hall–Kier alpha value is -0.570. The van der Waals surface area contributed by atoms with Crippen LogP contribution in [0.2, 0.25) is 0 Å². The molecule has 3 heteroatoms. The molecule has 0 spiro atoms. The maximum atomic E-state index is 10.9. The number of hydrogen-bond acceptors (Lipinski definition) is 2. The Morgan fingerprint density at radius 1 is 1.31 bits per heavy atom. The van der Waals surface area contributed by atoms with Crippen LogP contribution in [0.25, 0.3) is 0 Å². The topological polar surface area (TPSA) is 40.5 Å². The van der Waals surface area contributed by atoms with E-state index in [9.17, 15) is 4.79 Å². The van der Waals surface area contributed by atoms with Gasteiger partial charge in [-0.25, -0.2) is 0 Å². The zero-order chi connectivity index (χ0) is 10.6. The van der Waals surface area contributed by atoms with Gasteiger partial charge in [-0.2, -0.15) is 0 Å². The van der Waals surface area contributed by atoms with Crippen LogP contribution in [-0.2, 0) is 4.79 Å². The van der Waals surface area contributed by atoms with Crippen molar-refractivity contribution in [3.8, 4) is 0 Å². The Morgan fingerprint density at radius 2 is 1.77 bits per heavy atom. The molecule has 3 nitrogen and oxygen atoms in total. The van der Waals surface area contributed by atoms with E-state index < -0.39 is 5.97 Å². The Morgan fingerprint density at radius 3 is 2.00 bits per heavy atom. The van der Waals surface area contributed by atoms with Crippen LogP contribution >= 0.6 is 0 Å². The van der Waals surface area contributed by atoms with Crippen molar-refractivity contribution in [3.63, 3.8) is 0 Å². The Balaban J connectivity index is 4.28. The highest BCUT2D eigenvalue weighted by atomic mass is 16.4. The normalized spacial score (nSPS) is 14.2. The number of carbonyl (C=O) groups is 1. The third kappa shape index (κ3) is 4.27. The van der Waals surface area contributed by atoms with Gasteiger partial charge in [0.15, 0.2) is 0 Å². The first-order valence-corrected chi connectivity index (χ1v) is 4.79. The predicted molar refractivity (Wildman–Crippen MR) is 53.7 cm³/mol. The van der Waals surface area contributed by atoms with E-state index in [-0.39, 0.29) is 12.0 Å². The smallest absolute Gasteiger partial charge is 0.321 e. The quantitative estimate of drug-likeness (QED) is 0.712. The molecule has 0 aromatic heterocycles. The van der Waals surface area contributed by atoms with Crippen molar-refractivity contribution in [2.45, 2.75) is 33.7 Å². The number of likely N-dealkylation sites (N-methyl/N-ethyl adjacent to an activating group) is 1. The molecule has 0 heterocycles.